The second kappa shape index (κ2) is 8.78. The maximum absolute atomic E-state index is 13.0. The summed E-state index contributed by atoms with van der Waals surface area (Å²) in [6, 6.07) is 11.4. The Morgan fingerprint density at radius 3 is 2.21 bits per heavy atom. The number of hydrogen-bond donors (Lipinski definition) is 1. The van der Waals surface area contributed by atoms with Gasteiger partial charge in [-0.05, 0) is 30.3 Å². The number of hydrogen-bond acceptors (Lipinski definition) is 5. The smallest absolute Gasteiger partial charge is 0.395 e. The minimum Gasteiger partial charge on any atom is -0.395 e. The summed E-state index contributed by atoms with van der Waals surface area (Å²) in [5.41, 5.74) is 1.46. The van der Waals surface area contributed by atoms with Gasteiger partial charge in [0.05, 0.1) is 11.3 Å². The molecule has 0 unspecified atom stereocenters. The molecule has 0 saturated heterocycles. The molecule has 0 saturated carbocycles. The molecule has 172 valence electrons. The molecule has 0 fully saturated rings. The molecule has 7 nitrogen and oxygen atoms in total. The van der Waals surface area contributed by atoms with Gasteiger partial charge >= 0.3 is 6.29 Å². The van der Waals surface area contributed by atoms with E-state index in [1.54, 1.807) is 18.3 Å². The van der Waals surface area contributed by atoms with Gasteiger partial charge in [0.1, 0.15) is 22.0 Å². The van der Waals surface area contributed by atoms with Gasteiger partial charge in [-0.2, -0.15) is 5.26 Å². The Balaban J connectivity index is 0.000000162. The van der Waals surface area contributed by atoms with Crippen molar-refractivity contribution in [1.82, 2.24) is 4.98 Å². The highest BCUT2D eigenvalue weighted by Crippen LogP contribution is 2.47. The molecule has 3 aromatic rings. The molecule has 2 amide bonds. The third kappa shape index (κ3) is 4.19. The lowest BCUT2D eigenvalue weighted by molar-refractivity contribution is -0.286. The van der Waals surface area contributed by atoms with Crippen molar-refractivity contribution in [2.45, 2.75) is 6.29 Å². The van der Waals surface area contributed by atoms with Crippen LogP contribution in [-0.2, 0) is 9.59 Å². The zero-order chi connectivity index (χ0) is 24.6. The van der Waals surface area contributed by atoms with Gasteiger partial charge in [0.25, 0.3) is 11.8 Å². The number of nitriles is 1. The molecule has 1 N–H and O–H groups in total. The Kier molecular flexibility index (Phi) is 6.00. The minimum absolute atomic E-state index is 0.0393. The quantitative estimate of drug-likeness (QED) is 0.477. The number of carbonyl (C=O) groups is 2. The number of aromatic amines is 1. The number of nitrogens with one attached hydrogen (secondary N) is 1. The number of nitrogens with zero attached hydrogens (tertiary/aromatic N) is 2. The maximum atomic E-state index is 13.0. The van der Waals surface area contributed by atoms with Crippen LogP contribution in [0.5, 0.6) is 11.5 Å². The van der Waals surface area contributed by atoms with Crippen molar-refractivity contribution in [3.63, 3.8) is 0 Å². The van der Waals surface area contributed by atoms with Crippen molar-refractivity contribution in [3.05, 3.63) is 76.3 Å². The molecule has 0 aliphatic carbocycles. The van der Waals surface area contributed by atoms with Gasteiger partial charge in [-0.15, -0.1) is 8.78 Å². The van der Waals surface area contributed by atoms with Gasteiger partial charge in [-0.3, -0.25) is 9.59 Å². The van der Waals surface area contributed by atoms with E-state index in [9.17, 15) is 22.8 Å². The molecule has 2 aromatic carbocycles. The minimum atomic E-state index is -3.67. The van der Waals surface area contributed by atoms with E-state index in [1.165, 1.54) is 24.4 Å². The van der Waals surface area contributed by atoms with Gasteiger partial charge in [-0.25, -0.2) is 9.29 Å². The van der Waals surface area contributed by atoms with E-state index < -0.39 is 23.9 Å². The lowest BCUT2D eigenvalue weighted by atomic mass is 10.0. The Bertz CT molecular complexity index is 1360. The number of rotatable bonds is 2. The highest BCUT2D eigenvalue weighted by molar-refractivity contribution is 6.62. The predicted octanol–water partition coefficient (Wildman–Crippen LogP) is 5.26. The van der Waals surface area contributed by atoms with E-state index >= 15 is 0 Å². The first-order valence-corrected chi connectivity index (χ1v) is 10.0. The zero-order valence-corrected chi connectivity index (χ0v) is 18.1. The molecular formula is C22H10Cl2F3N3O4. The number of benzene rings is 2. The number of anilines is 1. The summed E-state index contributed by atoms with van der Waals surface area (Å²) >= 11 is 11.1. The molecule has 5 rings (SSSR count). The molecule has 12 heteroatoms. The van der Waals surface area contributed by atoms with E-state index in [0.717, 1.165) is 17.0 Å². The molecule has 1 aromatic heterocycles. The van der Waals surface area contributed by atoms with Crippen molar-refractivity contribution in [3.8, 4) is 28.7 Å². The number of alkyl halides is 2. The summed E-state index contributed by atoms with van der Waals surface area (Å²) in [7, 11) is 0. The van der Waals surface area contributed by atoms with E-state index in [-0.39, 0.29) is 27.3 Å². The van der Waals surface area contributed by atoms with Crippen molar-refractivity contribution < 1.29 is 32.2 Å². The number of amides is 2. The average molecular weight is 508 g/mol. The van der Waals surface area contributed by atoms with Crippen molar-refractivity contribution in [2.24, 2.45) is 0 Å². The summed E-state index contributed by atoms with van der Waals surface area (Å²) < 4.78 is 47.5. The lowest BCUT2D eigenvalue weighted by Crippen LogP contribution is -2.30. The fraction of sp³-hybridized carbons (Fsp3) is 0.0455. The molecule has 34 heavy (non-hydrogen) atoms. The molecule has 2 aliphatic heterocycles. The summed E-state index contributed by atoms with van der Waals surface area (Å²) in [6.07, 6.45) is -0.627. The number of para-hydroxylation sites is 1. The lowest BCUT2D eigenvalue weighted by Gasteiger charge is -2.13. The summed E-state index contributed by atoms with van der Waals surface area (Å²) in [5, 5.41) is 8.28. The average Bonchev–Trinajstić information content (AvgIpc) is 3.46. The molecule has 2 aliphatic rings. The van der Waals surface area contributed by atoms with Gasteiger partial charge < -0.3 is 14.5 Å². The topological polar surface area (TPSA) is 95.4 Å². The summed E-state index contributed by atoms with van der Waals surface area (Å²) in [6.45, 7) is 0. The monoisotopic (exact) mass is 507 g/mol. The van der Waals surface area contributed by atoms with Gasteiger partial charge in [-0.1, -0.05) is 35.3 Å². The van der Waals surface area contributed by atoms with Crippen LogP contribution in [0.3, 0.4) is 0 Å². The predicted molar refractivity (Wildman–Crippen MR) is 115 cm³/mol. The number of carbonyl (C=O) groups excluding carboxylic acids is 2. The van der Waals surface area contributed by atoms with Crippen LogP contribution in [0.4, 0.5) is 18.9 Å². The molecule has 0 bridgehead atoms. The Hall–Kier alpha value is -3.94. The fourth-order valence-electron chi connectivity index (χ4n) is 3.16. The molecule has 0 spiro atoms. The fourth-order valence-corrected chi connectivity index (χ4v) is 3.49. The van der Waals surface area contributed by atoms with Crippen molar-refractivity contribution in [1.29, 1.82) is 5.26 Å². The van der Waals surface area contributed by atoms with E-state index in [1.807, 2.05) is 6.07 Å². The first kappa shape index (κ1) is 23.2. The largest absolute Gasteiger partial charge is 0.586 e. The number of fused-ring (bicyclic) bond motifs is 1. The van der Waals surface area contributed by atoms with Crippen LogP contribution in [-0.4, -0.2) is 23.1 Å². The van der Waals surface area contributed by atoms with E-state index in [0.29, 0.717) is 16.7 Å². The van der Waals surface area contributed by atoms with E-state index in [4.69, 9.17) is 28.5 Å². The first-order chi connectivity index (χ1) is 16.1. The maximum Gasteiger partial charge on any atom is 0.586 e. The van der Waals surface area contributed by atoms with Crippen LogP contribution in [0, 0.1) is 17.1 Å². The van der Waals surface area contributed by atoms with Gasteiger partial charge in [0.15, 0.2) is 11.5 Å². The van der Waals surface area contributed by atoms with Crippen LogP contribution in [0.2, 0.25) is 0 Å². The second-order valence-corrected chi connectivity index (χ2v) is 7.50. The standard InChI is InChI=1S/C12H6F2N2O2.C10H4Cl2FNO2/c13-12(14)17-10-3-1-2-8(11(10)18-12)9-6-16-5-7(9)4-15;11-7-8(12)10(16)14(9(7)15)6-3-1-5(13)2-4-6/h1-3,5-6,16H;1-4H. The van der Waals surface area contributed by atoms with Crippen LogP contribution >= 0.6 is 23.2 Å². The SMILES string of the molecule is N#Cc1c[nH]cc1-c1cccc2c1OC(F)(F)O2.O=C1C(Cl)=C(Cl)C(=O)N1c1ccc(F)cc1. The van der Waals surface area contributed by atoms with Crippen molar-refractivity contribution in [2.75, 3.05) is 4.90 Å². The van der Waals surface area contributed by atoms with Crippen LogP contribution < -0.4 is 14.4 Å². The molecule has 0 atom stereocenters. The Labute approximate surface area is 199 Å². The van der Waals surface area contributed by atoms with Crippen LogP contribution in [0.25, 0.3) is 11.1 Å². The summed E-state index contributed by atoms with van der Waals surface area (Å²) in [4.78, 5) is 26.6. The molecule has 3 heterocycles. The third-order valence-electron chi connectivity index (χ3n) is 4.64. The van der Waals surface area contributed by atoms with Crippen LogP contribution in [0.15, 0.2) is 64.9 Å². The Morgan fingerprint density at radius 2 is 1.59 bits per heavy atom. The van der Waals surface area contributed by atoms with Crippen LogP contribution in [0.1, 0.15) is 5.56 Å². The normalized spacial score (nSPS) is 15.8. The Morgan fingerprint density at radius 1 is 0.941 bits per heavy atom. The second-order valence-electron chi connectivity index (χ2n) is 6.74. The highest BCUT2D eigenvalue weighted by Gasteiger charge is 2.44. The molecular weight excluding hydrogens is 498 g/mol. The van der Waals surface area contributed by atoms with Crippen molar-refractivity contribution >= 4 is 40.7 Å². The third-order valence-corrected chi connectivity index (χ3v) is 5.44. The zero-order valence-electron chi connectivity index (χ0n) is 16.6. The number of ether oxygens (including phenoxy) is 2. The first-order valence-electron chi connectivity index (χ1n) is 9.28. The molecule has 0 radical (unpaired) electrons. The highest BCUT2D eigenvalue weighted by atomic mass is 35.5. The number of aromatic nitrogens is 1. The number of imide groups is 1. The number of H-pyrrole nitrogens is 1. The van der Waals surface area contributed by atoms with Gasteiger partial charge in [0.2, 0.25) is 0 Å². The van der Waals surface area contributed by atoms with E-state index in [2.05, 4.69) is 14.5 Å². The number of halogens is 5. The van der Waals surface area contributed by atoms with Gasteiger partial charge in [0, 0.05) is 23.5 Å². The summed E-state index contributed by atoms with van der Waals surface area (Å²) in [5.74, 6) is -1.97.